The second kappa shape index (κ2) is 7.22. The topological polar surface area (TPSA) is 15.3 Å². The number of likely N-dealkylation sites (N-methyl/N-ethyl adjacent to an activating group) is 2. The summed E-state index contributed by atoms with van der Waals surface area (Å²) in [5, 5.41) is 3.55. The van der Waals surface area contributed by atoms with Crippen molar-refractivity contribution >= 4 is 0 Å². The zero-order valence-electron chi connectivity index (χ0n) is 12.6. The van der Waals surface area contributed by atoms with E-state index < -0.39 is 0 Å². The fourth-order valence-corrected chi connectivity index (χ4v) is 2.44. The largest absolute Gasteiger partial charge is 0.309 e. The predicted molar refractivity (Wildman–Crippen MR) is 86.8 cm³/mol. The SMILES string of the molecule is CCNC(CN(C)C)c1ccc(-c2ccccc2)cc1. The molecule has 0 spiro atoms. The molecule has 106 valence electrons. The van der Waals surface area contributed by atoms with E-state index in [1.807, 2.05) is 0 Å². The molecule has 0 heterocycles. The van der Waals surface area contributed by atoms with Crippen LogP contribution in [0.4, 0.5) is 0 Å². The van der Waals surface area contributed by atoms with E-state index in [2.05, 4.69) is 85.8 Å². The van der Waals surface area contributed by atoms with E-state index in [1.54, 1.807) is 0 Å². The van der Waals surface area contributed by atoms with Gasteiger partial charge in [0.25, 0.3) is 0 Å². The average molecular weight is 268 g/mol. The molecule has 0 bridgehead atoms. The molecule has 2 heteroatoms. The first kappa shape index (κ1) is 14.8. The van der Waals surface area contributed by atoms with Gasteiger partial charge < -0.3 is 10.2 Å². The normalized spacial score (nSPS) is 12.6. The Kier molecular flexibility index (Phi) is 5.33. The van der Waals surface area contributed by atoms with Gasteiger partial charge >= 0.3 is 0 Å². The highest BCUT2D eigenvalue weighted by atomic mass is 15.1. The van der Waals surface area contributed by atoms with Gasteiger partial charge in [0.2, 0.25) is 0 Å². The van der Waals surface area contributed by atoms with Crippen LogP contribution in [-0.2, 0) is 0 Å². The van der Waals surface area contributed by atoms with Crippen molar-refractivity contribution in [2.45, 2.75) is 13.0 Å². The lowest BCUT2D eigenvalue weighted by Gasteiger charge is -2.22. The standard InChI is InChI=1S/C18H24N2/c1-4-19-18(14-20(2)3)17-12-10-16(11-13-17)15-8-6-5-7-9-15/h5-13,18-19H,4,14H2,1-3H3. The van der Waals surface area contributed by atoms with Gasteiger partial charge in [-0.1, -0.05) is 61.5 Å². The first-order valence-corrected chi connectivity index (χ1v) is 7.24. The highest BCUT2D eigenvalue weighted by Crippen LogP contribution is 2.22. The molecular formula is C18H24N2. The van der Waals surface area contributed by atoms with Crippen LogP contribution in [-0.4, -0.2) is 32.1 Å². The van der Waals surface area contributed by atoms with Crippen molar-refractivity contribution in [3.63, 3.8) is 0 Å². The Morgan fingerprint density at radius 1 is 0.900 bits per heavy atom. The molecule has 0 fully saturated rings. The molecule has 20 heavy (non-hydrogen) atoms. The molecular weight excluding hydrogens is 244 g/mol. The second-order valence-corrected chi connectivity index (χ2v) is 5.36. The van der Waals surface area contributed by atoms with Gasteiger partial charge in [-0.05, 0) is 37.3 Å². The van der Waals surface area contributed by atoms with Crippen molar-refractivity contribution in [2.24, 2.45) is 0 Å². The summed E-state index contributed by atoms with van der Waals surface area (Å²) in [4.78, 5) is 2.22. The number of hydrogen-bond donors (Lipinski definition) is 1. The van der Waals surface area contributed by atoms with E-state index in [1.165, 1.54) is 16.7 Å². The molecule has 0 aliphatic heterocycles. The van der Waals surface area contributed by atoms with E-state index >= 15 is 0 Å². The van der Waals surface area contributed by atoms with Gasteiger partial charge in [-0.2, -0.15) is 0 Å². The number of nitrogens with zero attached hydrogens (tertiary/aromatic N) is 1. The highest BCUT2D eigenvalue weighted by Gasteiger charge is 2.11. The molecule has 2 aromatic rings. The van der Waals surface area contributed by atoms with Crippen LogP contribution >= 0.6 is 0 Å². The molecule has 0 saturated carbocycles. The highest BCUT2D eigenvalue weighted by molar-refractivity contribution is 5.63. The Morgan fingerprint density at radius 3 is 2.05 bits per heavy atom. The molecule has 1 unspecified atom stereocenters. The fourth-order valence-electron chi connectivity index (χ4n) is 2.44. The number of nitrogens with one attached hydrogen (secondary N) is 1. The summed E-state index contributed by atoms with van der Waals surface area (Å²) in [6.45, 7) is 4.15. The Balaban J connectivity index is 2.17. The van der Waals surface area contributed by atoms with Crippen LogP contribution in [0.5, 0.6) is 0 Å². The molecule has 0 aliphatic rings. The van der Waals surface area contributed by atoms with Crippen molar-refractivity contribution in [3.8, 4) is 11.1 Å². The van der Waals surface area contributed by atoms with Gasteiger partial charge in [0.05, 0.1) is 0 Å². The van der Waals surface area contributed by atoms with Gasteiger partial charge in [0.15, 0.2) is 0 Å². The van der Waals surface area contributed by atoms with Crippen LogP contribution in [0.3, 0.4) is 0 Å². The lowest BCUT2D eigenvalue weighted by molar-refractivity contribution is 0.345. The minimum Gasteiger partial charge on any atom is -0.309 e. The second-order valence-electron chi connectivity index (χ2n) is 5.36. The molecule has 0 saturated heterocycles. The summed E-state index contributed by atoms with van der Waals surface area (Å²) in [6.07, 6.45) is 0. The Morgan fingerprint density at radius 2 is 1.50 bits per heavy atom. The van der Waals surface area contributed by atoms with E-state index in [0.717, 1.165) is 13.1 Å². The monoisotopic (exact) mass is 268 g/mol. The van der Waals surface area contributed by atoms with E-state index in [0.29, 0.717) is 6.04 Å². The van der Waals surface area contributed by atoms with Gasteiger partial charge in [0, 0.05) is 12.6 Å². The maximum absolute atomic E-state index is 3.55. The van der Waals surface area contributed by atoms with Crippen molar-refractivity contribution in [1.29, 1.82) is 0 Å². The predicted octanol–water partition coefficient (Wildman–Crippen LogP) is 3.57. The maximum atomic E-state index is 3.55. The summed E-state index contributed by atoms with van der Waals surface area (Å²) in [7, 11) is 4.23. The van der Waals surface area contributed by atoms with E-state index in [9.17, 15) is 0 Å². The van der Waals surface area contributed by atoms with Gasteiger partial charge in [-0.25, -0.2) is 0 Å². The number of benzene rings is 2. The first-order valence-electron chi connectivity index (χ1n) is 7.24. The van der Waals surface area contributed by atoms with Gasteiger partial charge in [-0.15, -0.1) is 0 Å². The van der Waals surface area contributed by atoms with Crippen molar-refractivity contribution in [3.05, 3.63) is 60.2 Å². The maximum Gasteiger partial charge on any atom is 0.0448 e. The molecule has 1 atom stereocenters. The third-order valence-electron chi connectivity index (χ3n) is 3.42. The Bertz CT molecular complexity index is 503. The quantitative estimate of drug-likeness (QED) is 0.861. The molecule has 0 aromatic heterocycles. The molecule has 0 radical (unpaired) electrons. The Hall–Kier alpha value is -1.64. The summed E-state index contributed by atoms with van der Waals surface area (Å²) in [5.74, 6) is 0. The first-order chi connectivity index (χ1) is 9.70. The van der Waals surface area contributed by atoms with Crippen LogP contribution in [0.2, 0.25) is 0 Å². The zero-order chi connectivity index (χ0) is 14.4. The van der Waals surface area contributed by atoms with Crippen LogP contribution in [0.15, 0.2) is 54.6 Å². The molecule has 2 nitrogen and oxygen atoms in total. The molecule has 0 aliphatic carbocycles. The average Bonchev–Trinajstić information content (AvgIpc) is 2.47. The minimum atomic E-state index is 0.389. The van der Waals surface area contributed by atoms with Crippen molar-refractivity contribution in [2.75, 3.05) is 27.2 Å². The fraction of sp³-hybridized carbons (Fsp3) is 0.333. The van der Waals surface area contributed by atoms with Gasteiger partial charge in [0.1, 0.15) is 0 Å². The van der Waals surface area contributed by atoms with Crippen LogP contribution in [0.1, 0.15) is 18.5 Å². The van der Waals surface area contributed by atoms with Crippen LogP contribution in [0, 0.1) is 0 Å². The third kappa shape index (κ3) is 3.92. The summed E-state index contributed by atoms with van der Waals surface area (Å²) in [6, 6.07) is 19.8. The van der Waals surface area contributed by atoms with Crippen LogP contribution in [0.25, 0.3) is 11.1 Å². The lowest BCUT2D eigenvalue weighted by Crippen LogP contribution is -2.31. The van der Waals surface area contributed by atoms with Gasteiger partial charge in [-0.3, -0.25) is 0 Å². The molecule has 0 amide bonds. The minimum absolute atomic E-state index is 0.389. The number of rotatable bonds is 6. The zero-order valence-corrected chi connectivity index (χ0v) is 12.6. The van der Waals surface area contributed by atoms with Crippen molar-refractivity contribution in [1.82, 2.24) is 10.2 Å². The van der Waals surface area contributed by atoms with E-state index in [4.69, 9.17) is 0 Å². The summed E-state index contributed by atoms with van der Waals surface area (Å²) in [5.41, 5.74) is 3.89. The molecule has 2 rings (SSSR count). The third-order valence-corrected chi connectivity index (χ3v) is 3.42. The van der Waals surface area contributed by atoms with E-state index in [-0.39, 0.29) is 0 Å². The molecule has 2 aromatic carbocycles. The summed E-state index contributed by atoms with van der Waals surface area (Å²) < 4.78 is 0. The number of hydrogen-bond acceptors (Lipinski definition) is 2. The van der Waals surface area contributed by atoms with Crippen LogP contribution < -0.4 is 5.32 Å². The lowest BCUT2D eigenvalue weighted by atomic mass is 10.0. The Labute approximate surface area is 122 Å². The smallest absolute Gasteiger partial charge is 0.0448 e. The molecule has 1 N–H and O–H groups in total. The summed E-state index contributed by atoms with van der Waals surface area (Å²) >= 11 is 0. The van der Waals surface area contributed by atoms with Crippen molar-refractivity contribution < 1.29 is 0 Å².